The first-order chi connectivity index (χ1) is 15.2. The Morgan fingerprint density at radius 1 is 1.22 bits per heavy atom. The molecule has 7 heteroatoms. The van der Waals surface area contributed by atoms with Gasteiger partial charge in [-0.2, -0.15) is 0 Å². The Morgan fingerprint density at radius 2 is 2.00 bits per heavy atom. The third kappa shape index (κ3) is 4.63. The van der Waals surface area contributed by atoms with E-state index >= 15 is 0 Å². The van der Waals surface area contributed by atoms with Crippen molar-refractivity contribution in [3.63, 3.8) is 0 Å². The highest BCUT2D eigenvalue weighted by Gasteiger charge is 2.38. The van der Waals surface area contributed by atoms with Crippen LogP contribution in [0.15, 0.2) is 41.8 Å². The number of carbonyl (C=O) groups is 1. The number of ether oxygens (including phenoxy) is 1. The summed E-state index contributed by atoms with van der Waals surface area (Å²) in [5.74, 6) is 0.843. The molecule has 172 valence electrons. The number of anilines is 1. The van der Waals surface area contributed by atoms with Gasteiger partial charge in [-0.1, -0.05) is 23.4 Å². The van der Waals surface area contributed by atoms with Gasteiger partial charge in [0.1, 0.15) is 11.4 Å². The van der Waals surface area contributed by atoms with Crippen LogP contribution >= 0.6 is 23.4 Å². The zero-order chi connectivity index (χ0) is 23.0. The number of aromatic nitrogens is 1. The van der Waals surface area contributed by atoms with Crippen LogP contribution in [0, 0.1) is 0 Å². The Morgan fingerprint density at radius 3 is 2.72 bits per heavy atom. The Labute approximate surface area is 200 Å². The third-order valence-corrected chi connectivity index (χ3v) is 8.13. The molecule has 0 radical (unpaired) electrons. The van der Waals surface area contributed by atoms with E-state index in [4.69, 9.17) is 16.3 Å². The van der Waals surface area contributed by atoms with E-state index in [1.165, 1.54) is 17.4 Å². The summed E-state index contributed by atoms with van der Waals surface area (Å²) in [6.07, 6.45) is 2.94. The molecule has 0 amide bonds. The van der Waals surface area contributed by atoms with Crippen LogP contribution in [0.2, 0.25) is 5.02 Å². The van der Waals surface area contributed by atoms with Crippen LogP contribution in [-0.4, -0.2) is 58.1 Å². The van der Waals surface area contributed by atoms with E-state index < -0.39 is 5.60 Å². The second kappa shape index (κ2) is 9.24. The number of thioether (sulfide) groups is 1. The number of nitrogens with zero attached hydrogens (tertiary/aromatic N) is 3. The summed E-state index contributed by atoms with van der Waals surface area (Å²) in [6.45, 7) is 14.3. The summed E-state index contributed by atoms with van der Waals surface area (Å²) in [5, 5.41) is 2.07. The summed E-state index contributed by atoms with van der Waals surface area (Å²) >= 11 is 7.53. The van der Waals surface area contributed by atoms with Gasteiger partial charge in [0.2, 0.25) is 5.12 Å². The van der Waals surface area contributed by atoms with Gasteiger partial charge in [-0.3, -0.25) is 14.7 Å². The predicted molar refractivity (Wildman–Crippen MR) is 135 cm³/mol. The second-order valence-electron chi connectivity index (χ2n) is 9.29. The first kappa shape index (κ1) is 23.4. The molecule has 1 saturated heterocycles. The fourth-order valence-corrected chi connectivity index (χ4v) is 5.72. The lowest BCUT2D eigenvalue weighted by atomic mass is 9.97. The van der Waals surface area contributed by atoms with E-state index in [0.29, 0.717) is 5.02 Å². The first-order valence-corrected chi connectivity index (χ1v) is 12.6. The van der Waals surface area contributed by atoms with Crippen LogP contribution in [-0.2, 0) is 9.53 Å². The average Bonchev–Trinajstić information content (AvgIpc) is 2.93. The molecule has 2 aromatic rings. The summed E-state index contributed by atoms with van der Waals surface area (Å²) in [7, 11) is 0. The maximum Gasteiger partial charge on any atom is 0.219 e. The number of halogens is 1. The molecule has 0 spiro atoms. The Hall–Kier alpha value is -1.76. The lowest BCUT2D eigenvalue weighted by Gasteiger charge is -2.40. The van der Waals surface area contributed by atoms with Gasteiger partial charge in [-0.25, -0.2) is 0 Å². The summed E-state index contributed by atoms with van der Waals surface area (Å²) in [5.41, 5.74) is 2.51. The van der Waals surface area contributed by atoms with Crippen molar-refractivity contribution in [2.45, 2.75) is 57.9 Å². The Kier molecular flexibility index (Phi) is 6.76. The normalized spacial score (nSPS) is 21.9. The molecule has 3 heterocycles. The monoisotopic (exact) mass is 473 g/mol. The third-order valence-electron chi connectivity index (χ3n) is 6.81. The molecular weight excluding hydrogens is 442 g/mol. The highest BCUT2D eigenvalue weighted by atomic mass is 35.5. The van der Waals surface area contributed by atoms with E-state index in [1.807, 2.05) is 32.2 Å². The van der Waals surface area contributed by atoms with Crippen LogP contribution in [0.5, 0.6) is 0 Å². The van der Waals surface area contributed by atoms with Crippen LogP contribution < -0.4 is 4.90 Å². The van der Waals surface area contributed by atoms with Gasteiger partial charge in [-0.05, 0) is 65.3 Å². The molecule has 1 aromatic heterocycles. The molecule has 0 N–H and O–H groups in total. The fraction of sp³-hybridized carbons (Fsp3) is 0.520. The topological polar surface area (TPSA) is 45.7 Å². The van der Waals surface area contributed by atoms with E-state index in [-0.39, 0.29) is 16.4 Å². The largest absolute Gasteiger partial charge is 0.489 e. The van der Waals surface area contributed by atoms with E-state index in [0.717, 1.165) is 54.8 Å². The van der Waals surface area contributed by atoms with Crippen molar-refractivity contribution in [3.8, 4) is 0 Å². The standard InChI is InChI=1S/C25H32ClN3O2S/c1-16-23(17(2)32-24(16)30)31-25(4,5)18(3)28-11-6-12-29(14-13-28)22-9-10-27-21-15-19(26)7-8-20(21)22/h7-10,15,17-18H,6,11-14H2,1-5H3. The van der Waals surface area contributed by atoms with Gasteiger partial charge in [0, 0.05) is 60.1 Å². The highest BCUT2D eigenvalue weighted by molar-refractivity contribution is 8.15. The van der Waals surface area contributed by atoms with Gasteiger partial charge in [0.05, 0.1) is 10.8 Å². The lowest BCUT2D eigenvalue weighted by molar-refractivity contribution is -0.108. The van der Waals surface area contributed by atoms with Gasteiger partial charge in [0.25, 0.3) is 0 Å². The number of hydrogen-bond donors (Lipinski definition) is 0. The van der Waals surface area contributed by atoms with Crippen molar-refractivity contribution in [1.82, 2.24) is 9.88 Å². The molecule has 32 heavy (non-hydrogen) atoms. The van der Waals surface area contributed by atoms with Crippen molar-refractivity contribution < 1.29 is 9.53 Å². The van der Waals surface area contributed by atoms with Gasteiger partial charge >= 0.3 is 0 Å². The number of pyridine rings is 1. The zero-order valence-corrected chi connectivity index (χ0v) is 21.1. The maximum atomic E-state index is 12.1. The number of hydrogen-bond acceptors (Lipinski definition) is 6. The van der Waals surface area contributed by atoms with Gasteiger partial charge < -0.3 is 9.64 Å². The molecule has 0 aliphatic carbocycles. The second-order valence-corrected chi connectivity index (χ2v) is 11.0. The quantitative estimate of drug-likeness (QED) is 0.569. The maximum absolute atomic E-state index is 12.1. The van der Waals surface area contributed by atoms with Crippen LogP contribution in [0.1, 0.15) is 41.0 Å². The number of benzene rings is 1. The number of carbonyl (C=O) groups excluding carboxylic acids is 1. The molecule has 4 rings (SSSR count). The highest BCUT2D eigenvalue weighted by Crippen LogP contribution is 2.38. The molecule has 0 saturated carbocycles. The lowest BCUT2D eigenvalue weighted by Crippen LogP contribution is -2.50. The number of fused-ring (bicyclic) bond motifs is 1. The molecule has 2 aliphatic heterocycles. The predicted octanol–water partition coefficient (Wildman–Crippen LogP) is 5.52. The van der Waals surface area contributed by atoms with Gasteiger partial charge in [-0.15, -0.1) is 0 Å². The summed E-state index contributed by atoms with van der Waals surface area (Å²) in [4.78, 5) is 21.5. The Bertz CT molecular complexity index is 1050. The van der Waals surface area contributed by atoms with E-state index in [9.17, 15) is 4.79 Å². The van der Waals surface area contributed by atoms with Crippen LogP contribution in [0.25, 0.3) is 10.9 Å². The van der Waals surface area contributed by atoms with Crippen molar-refractivity contribution in [2.24, 2.45) is 0 Å². The molecule has 2 atom stereocenters. The number of rotatable bonds is 5. The minimum atomic E-state index is -0.398. The Balaban J connectivity index is 1.48. The minimum Gasteiger partial charge on any atom is -0.489 e. The molecule has 2 unspecified atom stereocenters. The van der Waals surface area contributed by atoms with Crippen LogP contribution in [0.3, 0.4) is 0 Å². The minimum absolute atomic E-state index is 0.0853. The summed E-state index contributed by atoms with van der Waals surface area (Å²) < 4.78 is 6.49. The first-order valence-electron chi connectivity index (χ1n) is 11.3. The van der Waals surface area contributed by atoms with Crippen molar-refractivity contribution in [1.29, 1.82) is 0 Å². The van der Waals surface area contributed by atoms with Gasteiger partial charge in [0.15, 0.2) is 0 Å². The van der Waals surface area contributed by atoms with Crippen molar-refractivity contribution in [3.05, 3.63) is 46.8 Å². The summed E-state index contributed by atoms with van der Waals surface area (Å²) in [6, 6.07) is 8.25. The van der Waals surface area contributed by atoms with Crippen molar-refractivity contribution >= 4 is 45.1 Å². The molecule has 1 aromatic carbocycles. The molecule has 5 nitrogen and oxygen atoms in total. The molecule has 2 aliphatic rings. The van der Waals surface area contributed by atoms with Crippen molar-refractivity contribution in [2.75, 3.05) is 31.1 Å². The van der Waals surface area contributed by atoms with Crippen LogP contribution in [0.4, 0.5) is 5.69 Å². The van der Waals surface area contributed by atoms with E-state index in [2.05, 4.69) is 47.7 Å². The zero-order valence-electron chi connectivity index (χ0n) is 19.5. The molecular formula is C25H32ClN3O2S. The van der Waals surface area contributed by atoms with E-state index in [1.54, 1.807) is 0 Å². The fourth-order valence-electron chi connectivity index (χ4n) is 4.62. The average molecular weight is 474 g/mol. The molecule has 0 bridgehead atoms. The molecule has 1 fully saturated rings. The smallest absolute Gasteiger partial charge is 0.219 e. The SMILES string of the molecule is CC1=C(OC(C)(C)C(C)N2CCCN(c3ccnc4cc(Cl)ccc34)CC2)C(C)SC1=O.